The van der Waals surface area contributed by atoms with Crippen molar-refractivity contribution < 1.29 is 23.8 Å². The lowest BCUT2D eigenvalue weighted by Gasteiger charge is -2.22. The molecule has 4 aromatic rings. The average Bonchev–Trinajstić information content (AvgIpc) is 3.38. The molecule has 0 aliphatic heterocycles. The van der Waals surface area contributed by atoms with E-state index in [9.17, 15) is 9.59 Å². The van der Waals surface area contributed by atoms with Gasteiger partial charge in [0.05, 0.1) is 32.2 Å². The van der Waals surface area contributed by atoms with Gasteiger partial charge in [-0.1, -0.05) is 35.3 Å². The van der Waals surface area contributed by atoms with Gasteiger partial charge in [-0.25, -0.2) is 4.98 Å². The molecule has 3 aromatic carbocycles. The molecule has 0 bridgehead atoms. The maximum absolute atomic E-state index is 13.3. The number of carbonyl (C=O) groups excluding carboxylic acids is 2. The number of rotatable bonds is 11. The van der Waals surface area contributed by atoms with Crippen LogP contribution in [0.15, 0.2) is 72.9 Å². The number of carbonyl (C=O) groups is 2. The van der Waals surface area contributed by atoms with E-state index in [0.717, 1.165) is 5.56 Å². The molecule has 0 unspecified atom stereocenters. The Kier molecular flexibility index (Phi) is 9.65. The van der Waals surface area contributed by atoms with E-state index in [1.165, 1.54) is 12.0 Å². The van der Waals surface area contributed by atoms with E-state index in [1.54, 1.807) is 79.6 Å². The first kappa shape index (κ1) is 28.9. The fourth-order valence-electron chi connectivity index (χ4n) is 3.92. The Labute approximate surface area is 242 Å². The highest BCUT2D eigenvalue weighted by atomic mass is 35.5. The largest absolute Gasteiger partial charge is 0.497 e. The highest BCUT2D eigenvalue weighted by Crippen LogP contribution is 2.30. The first-order valence-electron chi connectivity index (χ1n) is 12.2. The zero-order valence-corrected chi connectivity index (χ0v) is 23.7. The lowest BCUT2D eigenvalue weighted by molar-refractivity contribution is -0.117. The van der Waals surface area contributed by atoms with Crippen LogP contribution in [0.3, 0.4) is 0 Å². The van der Waals surface area contributed by atoms with Gasteiger partial charge in [-0.05, 0) is 36.4 Å². The van der Waals surface area contributed by atoms with Crippen LogP contribution in [0.5, 0.6) is 11.5 Å². The molecule has 0 spiro atoms. The fourth-order valence-corrected chi connectivity index (χ4v) is 4.17. The van der Waals surface area contributed by atoms with Crippen molar-refractivity contribution in [2.45, 2.75) is 0 Å². The van der Waals surface area contributed by atoms with Crippen molar-refractivity contribution in [2.24, 2.45) is 0 Å². The van der Waals surface area contributed by atoms with Gasteiger partial charge in [-0.15, -0.1) is 0 Å². The summed E-state index contributed by atoms with van der Waals surface area (Å²) < 4.78 is 17.7. The lowest BCUT2D eigenvalue weighted by atomic mass is 10.2. The van der Waals surface area contributed by atoms with Crippen molar-refractivity contribution >= 4 is 41.0 Å². The zero-order valence-electron chi connectivity index (χ0n) is 22.2. The van der Waals surface area contributed by atoms with Crippen LogP contribution in [0.25, 0.3) is 16.9 Å². The maximum atomic E-state index is 13.3. The van der Waals surface area contributed by atoms with Crippen molar-refractivity contribution in [2.75, 3.05) is 46.3 Å². The number of ether oxygens (including phenoxy) is 3. The van der Waals surface area contributed by atoms with Crippen LogP contribution in [0.4, 0.5) is 5.95 Å². The molecule has 0 saturated heterocycles. The Morgan fingerprint density at radius 3 is 2.08 bits per heavy atom. The van der Waals surface area contributed by atoms with Crippen LogP contribution < -0.4 is 14.8 Å². The molecule has 0 fully saturated rings. The van der Waals surface area contributed by atoms with Gasteiger partial charge in [0.25, 0.3) is 5.91 Å². The molecule has 40 heavy (non-hydrogen) atoms. The number of anilines is 1. The first-order valence-corrected chi connectivity index (χ1v) is 13.0. The van der Waals surface area contributed by atoms with E-state index in [2.05, 4.69) is 10.3 Å². The number of nitrogens with zero attached hydrogens (tertiary/aromatic N) is 3. The van der Waals surface area contributed by atoms with Gasteiger partial charge >= 0.3 is 0 Å². The number of aromatic nitrogens is 2. The van der Waals surface area contributed by atoms with E-state index in [1.807, 2.05) is 12.1 Å². The molecule has 0 aliphatic rings. The SMILES string of the molecule is COCCN(CC(=O)Nc1nc(-c2ccc(Cl)cc2)cn1-c1cc(OC)cc(OC)c1)C(=O)c1ccc(Cl)cc1. The van der Waals surface area contributed by atoms with Crippen LogP contribution in [0.2, 0.25) is 10.0 Å². The Balaban J connectivity index is 1.66. The number of methoxy groups -OCH3 is 3. The third kappa shape index (κ3) is 7.12. The predicted octanol–water partition coefficient (Wildman–Crippen LogP) is 5.59. The summed E-state index contributed by atoms with van der Waals surface area (Å²) in [4.78, 5) is 32.6. The molecular weight excluding hydrogens is 555 g/mol. The summed E-state index contributed by atoms with van der Waals surface area (Å²) in [6.07, 6.45) is 1.79. The second-order valence-corrected chi connectivity index (χ2v) is 9.54. The average molecular weight is 583 g/mol. The topological polar surface area (TPSA) is 94.9 Å². The van der Waals surface area contributed by atoms with Gasteiger partial charge in [0.1, 0.15) is 18.0 Å². The predicted molar refractivity (Wildman–Crippen MR) is 155 cm³/mol. The van der Waals surface area contributed by atoms with Gasteiger partial charge < -0.3 is 19.1 Å². The van der Waals surface area contributed by atoms with Crippen molar-refractivity contribution in [3.05, 3.63) is 88.5 Å². The number of halogens is 2. The standard InChI is InChI=1S/C29H28Cl2N4O5/c1-38-13-12-34(28(37)20-6-10-22(31)11-7-20)18-27(36)33-29-32-26(19-4-8-21(30)9-5-19)17-35(29)23-14-24(39-2)16-25(15-23)40-3/h4-11,14-17H,12-13,18H2,1-3H3,(H,32,33,36). The Morgan fingerprint density at radius 1 is 0.900 bits per heavy atom. The van der Waals surface area contributed by atoms with E-state index in [-0.39, 0.29) is 31.6 Å². The fraction of sp³-hybridized carbons (Fsp3) is 0.207. The highest BCUT2D eigenvalue weighted by molar-refractivity contribution is 6.31. The van der Waals surface area contributed by atoms with Crippen molar-refractivity contribution in [1.82, 2.24) is 14.5 Å². The number of amides is 2. The minimum Gasteiger partial charge on any atom is -0.497 e. The second-order valence-electron chi connectivity index (χ2n) is 8.67. The van der Waals surface area contributed by atoms with Crippen LogP contribution in [-0.4, -0.2) is 67.3 Å². The molecule has 208 valence electrons. The van der Waals surface area contributed by atoms with E-state index in [4.69, 9.17) is 37.4 Å². The molecule has 9 nitrogen and oxygen atoms in total. The van der Waals surface area contributed by atoms with Crippen LogP contribution in [0, 0.1) is 0 Å². The molecule has 0 saturated carbocycles. The summed E-state index contributed by atoms with van der Waals surface area (Å²) in [6, 6.07) is 19.0. The smallest absolute Gasteiger partial charge is 0.254 e. The number of hydrogen-bond donors (Lipinski definition) is 1. The molecule has 1 aromatic heterocycles. The van der Waals surface area contributed by atoms with Crippen LogP contribution in [-0.2, 0) is 9.53 Å². The van der Waals surface area contributed by atoms with Gasteiger partial charge in [-0.3, -0.25) is 19.5 Å². The molecule has 1 N–H and O–H groups in total. The maximum Gasteiger partial charge on any atom is 0.254 e. The number of benzene rings is 3. The van der Waals surface area contributed by atoms with E-state index in [0.29, 0.717) is 38.5 Å². The summed E-state index contributed by atoms with van der Waals surface area (Å²) in [5.41, 5.74) is 2.45. The lowest BCUT2D eigenvalue weighted by Crippen LogP contribution is -2.40. The van der Waals surface area contributed by atoms with Crippen molar-refractivity contribution in [3.8, 4) is 28.4 Å². The summed E-state index contributed by atoms with van der Waals surface area (Å²) >= 11 is 12.0. The number of hydrogen-bond acceptors (Lipinski definition) is 6. The third-order valence-corrected chi connectivity index (χ3v) is 6.49. The van der Waals surface area contributed by atoms with Crippen molar-refractivity contribution in [3.63, 3.8) is 0 Å². The normalized spacial score (nSPS) is 10.7. The summed E-state index contributed by atoms with van der Waals surface area (Å²) in [6.45, 7) is 0.240. The van der Waals surface area contributed by atoms with Gasteiger partial charge in [0.15, 0.2) is 0 Å². The highest BCUT2D eigenvalue weighted by Gasteiger charge is 2.21. The Bertz CT molecular complexity index is 1450. The van der Waals surface area contributed by atoms with Gasteiger partial charge in [-0.2, -0.15) is 0 Å². The molecule has 0 radical (unpaired) electrons. The quantitative estimate of drug-likeness (QED) is 0.248. The Morgan fingerprint density at radius 2 is 1.50 bits per heavy atom. The summed E-state index contributed by atoms with van der Waals surface area (Å²) in [5, 5.41) is 3.96. The van der Waals surface area contributed by atoms with Crippen LogP contribution in [0.1, 0.15) is 10.4 Å². The molecule has 11 heteroatoms. The molecule has 1 heterocycles. The number of nitrogens with one attached hydrogen (secondary N) is 1. The minimum atomic E-state index is -0.442. The van der Waals surface area contributed by atoms with Crippen LogP contribution >= 0.6 is 23.2 Å². The second kappa shape index (κ2) is 13.3. The molecule has 2 amide bonds. The first-order chi connectivity index (χ1) is 19.3. The van der Waals surface area contributed by atoms with Gasteiger partial charge in [0.2, 0.25) is 11.9 Å². The zero-order chi connectivity index (χ0) is 28.6. The Hall–Kier alpha value is -4.05. The third-order valence-electron chi connectivity index (χ3n) is 5.99. The molecule has 0 aliphatic carbocycles. The van der Waals surface area contributed by atoms with E-state index < -0.39 is 5.91 Å². The van der Waals surface area contributed by atoms with Crippen molar-refractivity contribution in [1.29, 1.82) is 0 Å². The monoisotopic (exact) mass is 582 g/mol. The summed E-state index contributed by atoms with van der Waals surface area (Å²) in [7, 11) is 4.64. The van der Waals surface area contributed by atoms with E-state index >= 15 is 0 Å². The van der Waals surface area contributed by atoms with Gasteiger partial charge in [0, 0.05) is 59.2 Å². The minimum absolute atomic E-state index is 0.211. The molecular formula is C29H28Cl2N4O5. The molecule has 4 rings (SSSR count). The number of imidazole rings is 1. The summed E-state index contributed by atoms with van der Waals surface area (Å²) in [5.74, 6) is 0.602. The molecule has 0 atom stereocenters.